The van der Waals surface area contributed by atoms with Crippen molar-refractivity contribution in [2.24, 2.45) is 0 Å². The monoisotopic (exact) mass is 506 g/mol. The number of carbonyl (C=O) groups is 2. The summed E-state index contributed by atoms with van der Waals surface area (Å²) in [6.45, 7) is 0.492. The number of ether oxygens (including phenoxy) is 2. The van der Waals surface area contributed by atoms with Crippen molar-refractivity contribution in [3.63, 3.8) is 0 Å². The minimum absolute atomic E-state index is 0.123. The van der Waals surface area contributed by atoms with Crippen LogP contribution in [0.15, 0.2) is 28.8 Å². The number of methoxy groups -OCH3 is 1. The highest BCUT2D eigenvalue weighted by atomic mass is 32.1. The number of thiazole rings is 1. The Hall–Kier alpha value is -3.65. The molecule has 3 aromatic rings. The molecular weight excluding hydrogens is 486 g/mol. The molecule has 4 heterocycles. The normalized spacial score (nSPS) is 18.8. The molecular formula is C21H20F2N6O5S. The number of rotatable bonds is 6. The zero-order valence-electron chi connectivity index (χ0n) is 18.4. The molecule has 11 nitrogen and oxygen atoms in total. The molecule has 184 valence electrons. The molecule has 0 spiro atoms. The number of hydrogen-bond donors (Lipinski definition) is 2. The summed E-state index contributed by atoms with van der Waals surface area (Å²) in [7, 11) is 1.23. The maximum atomic E-state index is 13.1. The van der Waals surface area contributed by atoms with Crippen LogP contribution in [0.2, 0.25) is 0 Å². The summed E-state index contributed by atoms with van der Waals surface area (Å²) in [5, 5.41) is 9.41. The van der Waals surface area contributed by atoms with E-state index in [9.17, 15) is 18.4 Å². The number of halogens is 2. The number of nitrogens with zero attached hydrogens (tertiary/aromatic N) is 4. The van der Waals surface area contributed by atoms with E-state index in [0.29, 0.717) is 30.3 Å². The minimum atomic E-state index is -2.60. The number of benzene rings is 1. The zero-order valence-corrected chi connectivity index (χ0v) is 19.2. The van der Waals surface area contributed by atoms with Crippen LogP contribution in [0, 0.1) is 0 Å². The Morgan fingerprint density at radius 3 is 2.97 bits per heavy atom. The molecule has 2 aromatic heterocycles. The van der Waals surface area contributed by atoms with Crippen LogP contribution in [0.5, 0.6) is 0 Å². The second-order valence-corrected chi connectivity index (χ2v) is 8.89. The molecule has 5 rings (SSSR count). The number of morpholine rings is 1. The summed E-state index contributed by atoms with van der Waals surface area (Å²) in [5.74, 6) is -0.360. The van der Waals surface area contributed by atoms with E-state index >= 15 is 0 Å². The molecule has 0 unspecified atom stereocenters. The van der Waals surface area contributed by atoms with Gasteiger partial charge in [-0.3, -0.25) is 10.1 Å². The maximum Gasteiger partial charge on any atom is 0.325 e. The summed E-state index contributed by atoms with van der Waals surface area (Å²) in [6, 6.07) is 5.11. The zero-order chi connectivity index (χ0) is 24.5. The van der Waals surface area contributed by atoms with Gasteiger partial charge in [0, 0.05) is 17.5 Å². The fraction of sp³-hybridized carbons (Fsp3) is 0.381. The fourth-order valence-corrected chi connectivity index (χ4v) is 5.12. The van der Waals surface area contributed by atoms with Crippen LogP contribution in [-0.2, 0) is 20.7 Å². The largest absolute Gasteiger partial charge is 0.468 e. The van der Waals surface area contributed by atoms with Crippen LogP contribution >= 0.6 is 11.3 Å². The Kier molecular flexibility index (Phi) is 6.30. The lowest BCUT2D eigenvalue weighted by Crippen LogP contribution is -2.51. The van der Waals surface area contributed by atoms with Crippen molar-refractivity contribution in [1.82, 2.24) is 20.4 Å². The first kappa shape index (κ1) is 23.1. The fourth-order valence-electron chi connectivity index (χ4n) is 4.04. The third-order valence-corrected chi connectivity index (χ3v) is 6.76. The summed E-state index contributed by atoms with van der Waals surface area (Å²) in [6.07, 6.45) is -2.08. The number of aromatic nitrogens is 3. The lowest BCUT2D eigenvalue weighted by molar-refractivity contribution is -0.139. The highest BCUT2D eigenvalue weighted by Gasteiger charge is 2.43. The van der Waals surface area contributed by atoms with Crippen LogP contribution in [0.3, 0.4) is 0 Å². The number of esters is 1. The number of amides is 2. The van der Waals surface area contributed by atoms with E-state index in [-0.39, 0.29) is 36.0 Å². The molecule has 2 N–H and O–H groups in total. The SMILES string of the molecule is COC(=O)CNC(=O)Nc1nc2c(s1)[C@@H]1COC[C@H](C2)N1c1nc(-c2cccc(C(F)F)c2)no1. The lowest BCUT2D eigenvalue weighted by atomic mass is 9.97. The molecule has 0 aliphatic carbocycles. The Balaban J connectivity index is 1.36. The van der Waals surface area contributed by atoms with Crippen molar-refractivity contribution in [2.45, 2.75) is 24.9 Å². The van der Waals surface area contributed by atoms with Crippen LogP contribution < -0.4 is 15.5 Å². The smallest absolute Gasteiger partial charge is 0.325 e. The molecule has 2 aliphatic rings. The molecule has 0 saturated carbocycles. The number of alkyl halides is 2. The average Bonchev–Trinajstić information content (AvgIpc) is 3.49. The predicted octanol–water partition coefficient (Wildman–Crippen LogP) is 2.93. The van der Waals surface area contributed by atoms with Crippen molar-refractivity contribution in [3.05, 3.63) is 40.4 Å². The molecule has 2 bridgehead atoms. The Morgan fingerprint density at radius 2 is 2.17 bits per heavy atom. The Labute approximate surface area is 201 Å². The molecule has 2 amide bonds. The van der Waals surface area contributed by atoms with Gasteiger partial charge >= 0.3 is 18.0 Å². The number of fused-ring (bicyclic) bond motifs is 4. The highest BCUT2D eigenvalue weighted by molar-refractivity contribution is 7.16. The second-order valence-electron chi connectivity index (χ2n) is 7.86. The van der Waals surface area contributed by atoms with Gasteiger partial charge in [0.25, 0.3) is 6.43 Å². The number of urea groups is 1. The van der Waals surface area contributed by atoms with Crippen molar-refractivity contribution >= 4 is 34.5 Å². The molecule has 1 saturated heterocycles. The van der Waals surface area contributed by atoms with Crippen molar-refractivity contribution in [1.29, 1.82) is 0 Å². The molecule has 2 aliphatic heterocycles. The van der Waals surface area contributed by atoms with E-state index in [2.05, 4.69) is 30.5 Å². The Morgan fingerprint density at radius 1 is 1.31 bits per heavy atom. The van der Waals surface area contributed by atoms with E-state index in [1.807, 2.05) is 4.90 Å². The third-order valence-electron chi connectivity index (χ3n) is 5.65. The molecule has 35 heavy (non-hydrogen) atoms. The van der Waals surface area contributed by atoms with Crippen molar-refractivity contribution < 1.29 is 32.4 Å². The van der Waals surface area contributed by atoms with E-state index in [1.165, 1.54) is 36.6 Å². The lowest BCUT2D eigenvalue weighted by Gasteiger charge is -2.43. The number of nitrogens with one attached hydrogen (secondary N) is 2. The third kappa shape index (κ3) is 4.66. The predicted molar refractivity (Wildman–Crippen MR) is 119 cm³/mol. The van der Waals surface area contributed by atoms with Crippen molar-refractivity contribution in [3.8, 4) is 11.4 Å². The van der Waals surface area contributed by atoms with Gasteiger partial charge in [0.05, 0.1) is 43.0 Å². The highest BCUT2D eigenvalue weighted by Crippen LogP contribution is 2.43. The van der Waals surface area contributed by atoms with Gasteiger partial charge in [-0.05, 0) is 6.07 Å². The van der Waals surface area contributed by atoms with Crippen LogP contribution in [-0.4, -0.2) is 60.0 Å². The second kappa shape index (κ2) is 9.54. The Bertz CT molecular complexity index is 1250. The van der Waals surface area contributed by atoms with Gasteiger partial charge in [0.2, 0.25) is 5.82 Å². The molecule has 0 radical (unpaired) electrons. The van der Waals surface area contributed by atoms with E-state index < -0.39 is 18.4 Å². The van der Waals surface area contributed by atoms with Crippen LogP contribution in [0.4, 0.5) is 24.7 Å². The summed E-state index contributed by atoms with van der Waals surface area (Å²) < 4.78 is 42.0. The van der Waals surface area contributed by atoms with Gasteiger partial charge in [-0.2, -0.15) is 4.98 Å². The summed E-state index contributed by atoms with van der Waals surface area (Å²) in [4.78, 5) is 35.1. The first-order valence-electron chi connectivity index (χ1n) is 10.6. The summed E-state index contributed by atoms with van der Waals surface area (Å²) >= 11 is 1.28. The van der Waals surface area contributed by atoms with Gasteiger partial charge in [-0.1, -0.05) is 34.7 Å². The number of hydrogen-bond acceptors (Lipinski definition) is 10. The molecule has 1 fully saturated rings. The van der Waals surface area contributed by atoms with Gasteiger partial charge in [0.15, 0.2) is 5.13 Å². The summed E-state index contributed by atoms with van der Waals surface area (Å²) in [5.41, 5.74) is 1.14. The molecule has 1 aromatic carbocycles. The standard InChI is InChI=1S/C21H20F2N6O5S/c1-32-15(30)7-24-19(31)27-20-25-13-6-12-8-33-9-14(16(13)35-20)29(12)21-26-18(28-34-21)11-4-2-3-10(5-11)17(22)23/h2-5,12,14,17H,6-9H2,1H3,(H2,24,25,27,31)/t12-,14-/m0/s1. The van der Waals surface area contributed by atoms with E-state index in [4.69, 9.17) is 9.26 Å². The van der Waals surface area contributed by atoms with Crippen molar-refractivity contribution in [2.75, 3.05) is 37.1 Å². The van der Waals surface area contributed by atoms with Gasteiger partial charge in [-0.15, -0.1) is 0 Å². The number of anilines is 2. The van der Waals surface area contributed by atoms with Gasteiger partial charge in [0.1, 0.15) is 6.54 Å². The molecule has 2 atom stereocenters. The maximum absolute atomic E-state index is 13.1. The minimum Gasteiger partial charge on any atom is -0.468 e. The quantitative estimate of drug-likeness (QED) is 0.484. The van der Waals surface area contributed by atoms with Gasteiger partial charge in [-0.25, -0.2) is 18.6 Å². The topological polar surface area (TPSA) is 132 Å². The van der Waals surface area contributed by atoms with Gasteiger partial charge < -0.3 is 24.2 Å². The van der Waals surface area contributed by atoms with Crippen LogP contribution in [0.1, 0.15) is 28.6 Å². The van der Waals surface area contributed by atoms with E-state index in [1.54, 1.807) is 6.07 Å². The molecule has 14 heteroatoms. The first-order valence-corrected chi connectivity index (χ1v) is 11.4. The first-order chi connectivity index (χ1) is 16.9. The van der Waals surface area contributed by atoms with Crippen LogP contribution in [0.25, 0.3) is 11.4 Å². The average molecular weight is 506 g/mol. The van der Waals surface area contributed by atoms with E-state index in [0.717, 1.165) is 10.6 Å². The number of carbonyl (C=O) groups excluding carboxylic acids is 2.